The molecule has 0 radical (unpaired) electrons. The Balaban J connectivity index is 0.000000331. The van der Waals surface area contributed by atoms with E-state index in [2.05, 4.69) is 29.0 Å². The lowest BCUT2D eigenvalue weighted by atomic mass is 10.2. The van der Waals surface area contributed by atoms with Gasteiger partial charge < -0.3 is 9.57 Å². The van der Waals surface area contributed by atoms with Crippen LogP contribution in [0.2, 0.25) is 0 Å². The number of fused-ring (bicyclic) bond motifs is 1. The van der Waals surface area contributed by atoms with Crippen molar-refractivity contribution in [2.45, 2.75) is 26.7 Å². The van der Waals surface area contributed by atoms with Crippen molar-refractivity contribution >= 4 is 17.9 Å². The summed E-state index contributed by atoms with van der Waals surface area (Å²) < 4.78 is 4.61. The molecule has 0 heterocycles. The van der Waals surface area contributed by atoms with Gasteiger partial charge in [0.1, 0.15) is 0 Å². The van der Waals surface area contributed by atoms with Crippen molar-refractivity contribution in [3.8, 4) is 11.1 Å². The minimum Gasteiger partial charge on any atom is -0.448 e. The molecule has 138 valence electrons. The van der Waals surface area contributed by atoms with Crippen molar-refractivity contribution in [1.29, 1.82) is 0 Å². The summed E-state index contributed by atoms with van der Waals surface area (Å²) in [6, 6.07) is 17.6. The number of amides is 2. The molecule has 1 aromatic rings. The van der Waals surface area contributed by atoms with Crippen molar-refractivity contribution in [3.63, 3.8) is 0 Å². The van der Waals surface area contributed by atoms with Gasteiger partial charge in [-0.05, 0) is 42.7 Å². The van der Waals surface area contributed by atoms with E-state index in [0.717, 1.165) is 18.5 Å². The largest absolute Gasteiger partial charge is 0.448 e. The van der Waals surface area contributed by atoms with Crippen LogP contribution in [-0.4, -0.2) is 25.3 Å². The maximum absolute atomic E-state index is 12.0. The Morgan fingerprint density at radius 1 is 1.00 bits per heavy atom. The standard InChI is InChI=1S/C14H20N2O4.C6H4/c1-3-5-11-16(12-9-7-6-8-10-12)14(18)20-15-13(17)19-4-2;1-2-5-4-6(5)3-1/h6-10H,3-5,11H2,1-2H3,(H,15,17);1-4H. The van der Waals surface area contributed by atoms with Crippen LogP contribution in [0.25, 0.3) is 11.1 Å². The van der Waals surface area contributed by atoms with Crippen molar-refractivity contribution in [1.82, 2.24) is 5.48 Å². The summed E-state index contributed by atoms with van der Waals surface area (Å²) in [5.74, 6) is 0. The third-order valence-electron chi connectivity index (χ3n) is 3.63. The zero-order valence-corrected chi connectivity index (χ0v) is 15.1. The first-order valence-electron chi connectivity index (χ1n) is 8.72. The molecule has 6 nitrogen and oxygen atoms in total. The maximum Gasteiger partial charge on any atom is 0.440 e. The van der Waals surface area contributed by atoms with Gasteiger partial charge in [-0.2, -0.15) is 0 Å². The van der Waals surface area contributed by atoms with Gasteiger partial charge in [-0.3, -0.25) is 4.90 Å². The molecule has 0 bridgehead atoms. The topological polar surface area (TPSA) is 67.9 Å². The van der Waals surface area contributed by atoms with E-state index >= 15 is 0 Å². The molecule has 2 amide bonds. The number of carbonyl (C=O) groups is 2. The molecule has 0 unspecified atom stereocenters. The van der Waals surface area contributed by atoms with Crippen molar-refractivity contribution in [2.24, 2.45) is 0 Å². The second kappa shape index (κ2) is 10.1. The highest BCUT2D eigenvalue weighted by Gasteiger charge is 2.18. The number of unbranched alkanes of at least 4 members (excludes halogenated alkanes) is 1. The Hall–Kier alpha value is -3.02. The third-order valence-corrected chi connectivity index (χ3v) is 3.63. The first-order valence-corrected chi connectivity index (χ1v) is 8.72. The Labute approximate surface area is 153 Å². The number of carbonyl (C=O) groups excluding carboxylic acids is 2. The third kappa shape index (κ3) is 6.12. The average molecular weight is 356 g/mol. The van der Waals surface area contributed by atoms with Crippen LogP contribution < -0.4 is 10.4 Å². The van der Waals surface area contributed by atoms with Gasteiger partial charge in [0.05, 0.1) is 6.61 Å². The average Bonchev–Trinajstić information content (AvgIpc) is 3.27. The molecule has 2 aliphatic carbocycles. The molecule has 0 aliphatic heterocycles. The molecule has 6 heteroatoms. The SMILES string of the molecule is CCCCN(C(=O)ONC(=O)OCC)c1ccccc1.c1cc2cc-2c1. The van der Waals surface area contributed by atoms with Gasteiger partial charge in [0.2, 0.25) is 0 Å². The van der Waals surface area contributed by atoms with Crippen LogP contribution in [0.3, 0.4) is 0 Å². The Morgan fingerprint density at radius 2 is 1.69 bits per heavy atom. The van der Waals surface area contributed by atoms with Crippen LogP contribution >= 0.6 is 0 Å². The molecule has 0 saturated heterocycles. The molecular weight excluding hydrogens is 332 g/mol. The van der Waals surface area contributed by atoms with Crippen LogP contribution in [0.15, 0.2) is 54.6 Å². The van der Waals surface area contributed by atoms with E-state index in [9.17, 15) is 9.59 Å². The van der Waals surface area contributed by atoms with Gasteiger partial charge in [0.25, 0.3) is 0 Å². The molecule has 0 atom stereocenters. The molecule has 2 aliphatic rings. The predicted octanol–water partition coefficient (Wildman–Crippen LogP) is 4.76. The molecule has 1 N–H and O–H groups in total. The molecule has 3 rings (SSSR count). The fourth-order valence-electron chi connectivity index (χ4n) is 2.23. The number of nitrogens with zero attached hydrogens (tertiary/aromatic N) is 1. The van der Waals surface area contributed by atoms with Crippen LogP contribution in [-0.2, 0) is 9.57 Å². The van der Waals surface area contributed by atoms with Gasteiger partial charge in [0.15, 0.2) is 0 Å². The van der Waals surface area contributed by atoms with E-state index in [4.69, 9.17) is 4.84 Å². The Bertz CT molecular complexity index is 702. The number of benzene rings is 2. The van der Waals surface area contributed by atoms with E-state index in [1.807, 2.05) is 30.6 Å². The van der Waals surface area contributed by atoms with Gasteiger partial charge in [-0.25, -0.2) is 9.59 Å². The van der Waals surface area contributed by atoms with E-state index in [0.29, 0.717) is 6.54 Å². The number of para-hydroxylation sites is 1. The second-order valence-electron chi connectivity index (χ2n) is 5.61. The molecular formula is C20H24N2O4. The zero-order valence-electron chi connectivity index (χ0n) is 15.1. The summed E-state index contributed by atoms with van der Waals surface area (Å²) in [6.07, 6.45) is 0.354. The summed E-state index contributed by atoms with van der Waals surface area (Å²) in [5.41, 5.74) is 5.53. The smallest absolute Gasteiger partial charge is 0.440 e. The van der Waals surface area contributed by atoms with Crippen LogP contribution in [0, 0.1) is 0 Å². The minimum atomic E-state index is -0.788. The number of hydroxylamine groups is 1. The molecule has 0 aromatic heterocycles. The minimum absolute atomic E-state index is 0.210. The summed E-state index contributed by atoms with van der Waals surface area (Å²) in [7, 11) is 0. The van der Waals surface area contributed by atoms with Gasteiger partial charge in [-0.15, -0.1) is 5.48 Å². The summed E-state index contributed by atoms with van der Waals surface area (Å²) >= 11 is 0. The fraction of sp³-hybridized carbons (Fsp3) is 0.300. The van der Waals surface area contributed by atoms with Crippen LogP contribution in [0.4, 0.5) is 15.3 Å². The monoisotopic (exact) mass is 356 g/mol. The normalized spacial score (nSPS) is 10.1. The summed E-state index contributed by atoms with van der Waals surface area (Å²) in [6.45, 7) is 4.43. The van der Waals surface area contributed by atoms with E-state index in [-0.39, 0.29) is 6.61 Å². The number of nitrogens with one attached hydrogen (secondary N) is 1. The number of rotatable bonds is 5. The lowest BCUT2D eigenvalue weighted by Crippen LogP contribution is -2.38. The molecule has 0 saturated carbocycles. The van der Waals surface area contributed by atoms with Gasteiger partial charge in [-0.1, -0.05) is 49.7 Å². The van der Waals surface area contributed by atoms with Gasteiger partial charge in [0, 0.05) is 12.2 Å². The summed E-state index contributed by atoms with van der Waals surface area (Å²) in [5, 5.41) is 0. The fourth-order valence-corrected chi connectivity index (χ4v) is 2.23. The summed E-state index contributed by atoms with van der Waals surface area (Å²) in [4.78, 5) is 29.3. The number of hydrogen-bond acceptors (Lipinski definition) is 4. The zero-order chi connectivity index (χ0) is 18.8. The van der Waals surface area contributed by atoms with Crippen LogP contribution in [0.1, 0.15) is 26.7 Å². The Kier molecular flexibility index (Phi) is 7.49. The van der Waals surface area contributed by atoms with Crippen molar-refractivity contribution in [3.05, 3.63) is 54.6 Å². The quantitative estimate of drug-likeness (QED) is 0.669. The number of ether oxygens (including phenoxy) is 1. The molecule has 1 aromatic carbocycles. The maximum atomic E-state index is 12.0. The predicted molar refractivity (Wildman–Crippen MR) is 101 cm³/mol. The van der Waals surface area contributed by atoms with Crippen LogP contribution in [0.5, 0.6) is 0 Å². The highest BCUT2D eigenvalue weighted by Crippen LogP contribution is 2.32. The van der Waals surface area contributed by atoms with E-state index in [1.165, 1.54) is 16.0 Å². The highest BCUT2D eigenvalue weighted by molar-refractivity contribution is 5.88. The van der Waals surface area contributed by atoms with Crippen molar-refractivity contribution in [2.75, 3.05) is 18.1 Å². The second-order valence-corrected chi connectivity index (χ2v) is 5.61. The van der Waals surface area contributed by atoms with E-state index < -0.39 is 12.2 Å². The Morgan fingerprint density at radius 3 is 2.19 bits per heavy atom. The van der Waals surface area contributed by atoms with Gasteiger partial charge >= 0.3 is 12.2 Å². The highest BCUT2D eigenvalue weighted by atomic mass is 16.7. The molecule has 26 heavy (non-hydrogen) atoms. The lowest BCUT2D eigenvalue weighted by Gasteiger charge is -2.21. The molecule has 0 fully saturated rings. The number of anilines is 1. The lowest BCUT2D eigenvalue weighted by molar-refractivity contribution is 0.0691. The van der Waals surface area contributed by atoms with Crippen molar-refractivity contribution < 1.29 is 19.2 Å². The van der Waals surface area contributed by atoms with E-state index in [1.54, 1.807) is 19.1 Å². The first kappa shape index (κ1) is 19.3. The molecule has 0 spiro atoms. The first-order chi connectivity index (χ1) is 12.7. The number of hydrogen-bond donors (Lipinski definition) is 1.